The van der Waals surface area contributed by atoms with Gasteiger partial charge in [0.2, 0.25) is 0 Å². The lowest BCUT2D eigenvalue weighted by Crippen LogP contribution is -2.00. The van der Waals surface area contributed by atoms with E-state index in [9.17, 15) is 0 Å². The van der Waals surface area contributed by atoms with Gasteiger partial charge >= 0.3 is 0 Å². The minimum absolute atomic E-state index is 0.696. The Kier molecular flexibility index (Phi) is 38.2. The molecule has 0 heterocycles. The maximum Gasteiger partial charge on any atom is -0.0263 e. The van der Waals surface area contributed by atoms with Crippen LogP contribution in [-0.4, -0.2) is 0 Å². The van der Waals surface area contributed by atoms with Crippen LogP contribution in [0.1, 0.15) is 334 Å². The maximum absolute atomic E-state index is 2.67. The fourth-order valence-electron chi connectivity index (χ4n) is 9.94. The van der Waals surface area contributed by atoms with Crippen molar-refractivity contribution in [1.82, 2.24) is 0 Å². The van der Waals surface area contributed by atoms with Gasteiger partial charge < -0.3 is 0 Å². The predicted molar refractivity (Wildman–Crippen MR) is 247 cm³/mol. The molecule has 0 atom stereocenters. The summed E-state index contributed by atoms with van der Waals surface area (Å²) >= 11 is 0. The van der Waals surface area contributed by atoms with Crippen LogP contribution in [0.25, 0.3) is 0 Å². The lowest BCUT2D eigenvalue weighted by atomic mass is 9.91. The molecule has 0 aromatic heterocycles. The third kappa shape index (κ3) is 36.3. The van der Waals surface area contributed by atoms with E-state index in [2.05, 4.69) is 6.42 Å². The third-order valence-corrected chi connectivity index (χ3v) is 14.1. The van der Waals surface area contributed by atoms with E-state index in [4.69, 9.17) is 0 Å². The predicted octanol–water partition coefficient (Wildman–Crippen LogP) is 20.5. The summed E-state index contributed by atoms with van der Waals surface area (Å²) in [6, 6.07) is 0. The molecule has 0 aromatic carbocycles. The average Bonchev–Trinajstić information content (AvgIpc) is 3.96. The van der Waals surface area contributed by atoms with Crippen molar-refractivity contribution in [3.63, 3.8) is 0 Å². The van der Waals surface area contributed by atoms with Crippen LogP contribution < -0.4 is 0 Å². The summed E-state index contributed by atoms with van der Waals surface area (Å²) < 4.78 is 0. The van der Waals surface area contributed by atoms with Gasteiger partial charge in [0.1, 0.15) is 0 Å². The van der Waals surface area contributed by atoms with Gasteiger partial charge in [-0.3, -0.25) is 0 Å². The van der Waals surface area contributed by atoms with Crippen molar-refractivity contribution in [2.45, 2.75) is 334 Å². The van der Waals surface area contributed by atoms with Gasteiger partial charge in [-0.15, -0.1) is 0 Å². The van der Waals surface area contributed by atoms with Crippen molar-refractivity contribution in [2.75, 3.05) is 0 Å². The van der Waals surface area contributed by atoms with Crippen LogP contribution in [-0.2, 0) is 0 Å². The van der Waals surface area contributed by atoms with E-state index in [1.807, 2.05) is 0 Å². The average molecular weight is 754 g/mol. The molecule has 0 aliphatic heterocycles. The molecule has 0 N–H and O–H groups in total. The van der Waals surface area contributed by atoms with E-state index >= 15 is 0 Å². The SMILES string of the molecule is [CH]1CC12CCCCCCCCCCCCCCCCCCCCCCCCCCCCCCCCCCCCCCCCCCCCCCCCCCC2. The molecular weight excluding hydrogens is 649 g/mol. The van der Waals surface area contributed by atoms with Crippen LogP contribution in [0.15, 0.2) is 0 Å². The monoisotopic (exact) mass is 754 g/mol. The van der Waals surface area contributed by atoms with Gasteiger partial charge in [0.05, 0.1) is 0 Å². The molecule has 54 heavy (non-hydrogen) atoms. The first-order valence-electron chi connectivity index (χ1n) is 26.8. The minimum atomic E-state index is 0.696. The van der Waals surface area contributed by atoms with Crippen molar-refractivity contribution in [3.05, 3.63) is 6.42 Å². The van der Waals surface area contributed by atoms with Crippen molar-refractivity contribution in [2.24, 2.45) is 5.41 Å². The summed E-state index contributed by atoms with van der Waals surface area (Å²) in [5.41, 5.74) is 0.696. The summed E-state index contributed by atoms with van der Waals surface area (Å²) in [4.78, 5) is 0. The highest BCUT2D eigenvalue weighted by molar-refractivity contribution is 5.09. The van der Waals surface area contributed by atoms with E-state index in [0.717, 1.165) is 0 Å². The maximum atomic E-state index is 2.67. The van der Waals surface area contributed by atoms with Crippen molar-refractivity contribution < 1.29 is 0 Å². The van der Waals surface area contributed by atoms with Gasteiger partial charge in [-0.2, -0.15) is 0 Å². The molecule has 2 rings (SSSR count). The molecule has 0 amide bonds. The van der Waals surface area contributed by atoms with Crippen molar-refractivity contribution in [3.8, 4) is 0 Å². The lowest BCUT2D eigenvalue weighted by Gasteiger charge is -2.14. The van der Waals surface area contributed by atoms with E-state index in [1.54, 1.807) is 0 Å². The Bertz CT molecular complexity index is 634. The van der Waals surface area contributed by atoms with E-state index in [-0.39, 0.29) is 0 Å². The summed E-state index contributed by atoms with van der Waals surface area (Å²) in [6.45, 7) is 0. The van der Waals surface area contributed by atoms with Crippen LogP contribution >= 0.6 is 0 Å². The lowest BCUT2D eigenvalue weighted by molar-refractivity contribution is 0.398. The van der Waals surface area contributed by atoms with Gasteiger partial charge in [-0.1, -0.05) is 315 Å². The van der Waals surface area contributed by atoms with E-state index in [1.165, 1.54) is 334 Å². The molecule has 0 bridgehead atoms. The second-order valence-corrected chi connectivity index (χ2v) is 19.6. The van der Waals surface area contributed by atoms with Crippen molar-refractivity contribution >= 4 is 0 Å². The zero-order valence-corrected chi connectivity index (χ0v) is 37.8. The molecule has 0 heteroatoms. The van der Waals surface area contributed by atoms with Gasteiger partial charge in [0.25, 0.3) is 0 Å². The Hall–Kier alpha value is 0. The number of hydrogen-bond donors (Lipinski definition) is 0. The smallest absolute Gasteiger partial charge is 0.0263 e. The number of rotatable bonds is 0. The molecule has 2 fully saturated rings. The van der Waals surface area contributed by atoms with Crippen LogP contribution in [0.4, 0.5) is 0 Å². The molecule has 1 radical (unpaired) electrons. The highest BCUT2D eigenvalue weighted by atomic mass is 14.5. The van der Waals surface area contributed by atoms with E-state index in [0.29, 0.717) is 5.41 Å². The number of hydrogen-bond acceptors (Lipinski definition) is 0. The Labute approximate surface area is 344 Å². The Morgan fingerprint density at radius 3 is 0.333 bits per heavy atom. The van der Waals surface area contributed by atoms with Crippen LogP contribution in [0.5, 0.6) is 0 Å². The molecule has 2 aliphatic carbocycles. The molecule has 2 saturated carbocycles. The van der Waals surface area contributed by atoms with E-state index < -0.39 is 0 Å². The minimum Gasteiger partial charge on any atom is -0.0533 e. The van der Waals surface area contributed by atoms with Gasteiger partial charge in [0.15, 0.2) is 0 Å². The summed E-state index contributed by atoms with van der Waals surface area (Å²) in [5.74, 6) is 0. The quantitative estimate of drug-likeness (QED) is 0.231. The highest BCUT2D eigenvalue weighted by Crippen LogP contribution is 2.52. The highest BCUT2D eigenvalue weighted by Gasteiger charge is 2.41. The zero-order chi connectivity index (χ0) is 38.0. The molecular formula is C54H105. The molecule has 0 aromatic rings. The first-order valence-corrected chi connectivity index (χ1v) is 26.8. The summed E-state index contributed by atoms with van der Waals surface area (Å²) in [5, 5.41) is 0. The summed E-state index contributed by atoms with van der Waals surface area (Å²) in [7, 11) is 0. The molecule has 321 valence electrons. The van der Waals surface area contributed by atoms with Gasteiger partial charge in [0, 0.05) is 0 Å². The van der Waals surface area contributed by atoms with Crippen LogP contribution in [0.2, 0.25) is 0 Å². The van der Waals surface area contributed by atoms with Crippen molar-refractivity contribution in [1.29, 1.82) is 0 Å². The molecule has 0 saturated heterocycles. The first-order chi connectivity index (χ1) is 26.9. The normalized spacial score (nSPS) is 25.3. The first kappa shape index (κ1) is 50.1. The third-order valence-electron chi connectivity index (χ3n) is 14.1. The fraction of sp³-hybridized carbons (Fsp3) is 0.981. The topological polar surface area (TPSA) is 0 Å². The Balaban J connectivity index is 1.43. The summed E-state index contributed by atoms with van der Waals surface area (Å²) in [6.07, 6.45) is 80.6. The largest absolute Gasteiger partial charge is 0.0533 e. The fourth-order valence-corrected chi connectivity index (χ4v) is 9.94. The molecule has 2 aliphatic rings. The molecule has 0 unspecified atom stereocenters. The van der Waals surface area contributed by atoms with Crippen LogP contribution in [0, 0.1) is 11.8 Å². The van der Waals surface area contributed by atoms with Crippen LogP contribution in [0.3, 0.4) is 0 Å². The second-order valence-electron chi connectivity index (χ2n) is 19.6. The Morgan fingerprint density at radius 1 is 0.148 bits per heavy atom. The molecule has 0 nitrogen and oxygen atoms in total. The second kappa shape index (κ2) is 41.2. The van der Waals surface area contributed by atoms with Gasteiger partial charge in [-0.25, -0.2) is 0 Å². The standard InChI is InChI=1S/C54H105/c1-2-4-6-8-10-12-14-16-18-20-22-24-26-28-30-32-34-36-38-40-42-44-46-48-50-54(52-53-54)51-49-47-45-43-41-39-37-35-33-31-29-27-25-23-21-19-17-15-13-11-9-7-5-3-1/h52H,1-51,53H2. The zero-order valence-electron chi connectivity index (χ0n) is 37.8. The Morgan fingerprint density at radius 2 is 0.241 bits per heavy atom. The van der Waals surface area contributed by atoms with Gasteiger partial charge in [-0.05, 0) is 31.1 Å². The molecule has 1 spiro atoms.